The van der Waals surface area contributed by atoms with Crippen molar-refractivity contribution in [2.75, 3.05) is 25.1 Å². The summed E-state index contributed by atoms with van der Waals surface area (Å²) in [4.78, 5) is 203. The van der Waals surface area contributed by atoms with E-state index in [1.165, 1.54) is 37.5 Å². The number of aromatic nitrogens is 3. The van der Waals surface area contributed by atoms with Crippen molar-refractivity contribution >= 4 is 105 Å². The van der Waals surface area contributed by atoms with Crippen LogP contribution in [0.1, 0.15) is 123 Å². The quantitative estimate of drug-likeness (QED) is 0.0217. The topological polar surface area (TPSA) is 531 Å². The monoisotopic (exact) mass is 1460 g/mol. The Balaban J connectivity index is 1.39. The molecule has 14 atom stereocenters. The van der Waals surface area contributed by atoms with Crippen LogP contribution in [0.2, 0.25) is 0 Å². The molecule has 4 aromatic rings. The van der Waals surface area contributed by atoms with Gasteiger partial charge in [0.05, 0.1) is 18.9 Å². The van der Waals surface area contributed by atoms with Crippen molar-refractivity contribution in [2.24, 2.45) is 17.6 Å². The molecule has 0 aliphatic carbocycles. The number of carboxylic acid groups (broad SMARTS) is 3. The summed E-state index contributed by atoms with van der Waals surface area (Å²) in [6.45, 7) is 8.62. The number of benzene rings is 2. The third-order valence-corrected chi connectivity index (χ3v) is 18.2. The number of aromatic amines is 2. The van der Waals surface area contributed by atoms with Gasteiger partial charge in [-0.3, -0.25) is 66.5 Å². The zero-order valence-corrected chi connectivity index (χ0v) is 59.4. The maximum Gasteiger partial charge on any atom is 0.326 e. The second kappa shape index (κ2) is 41.1. The Labute approximate surface area is 597 Å². The first kappa shape index (κ1) is 83.5. The number of aliphatic carboxylic acids is 3. The lowest BCUT2D eigenvalue weighted by molar-refractivity contribution is -0.143. The molecule has 5 rings (SSSR count). The zero-order chi connectivity index (χ0) is 76.2. The van der Waals surface area contributed by atoms with Gasteiger partial charge in [0.1, 0.15) is 66.5 Å². The average molecular weight is 1460 g/mol. The van der Waals surface area contributed by atoms with Gasteiger partial charge in [-0.1, -0.05) is 82.6 Å². The molecule has 103 heavy (non-hydrogen) atoms. The SMILES string of the molecule is CC[C@H](C)[C@H](NC(=O)[C@@H](NC(=O)[C@@H](NC(=O)[C@H](CC(=O)O)NC(=O)[C@H](CCS(C)=O)NC(C)=O)C(C)C)[C@@H](C)O)C(=O)N[C@@H](CCC(=O)O)C(=O)N[C@@H](Cc1cnc[nH]1)C(=O)N1CCC[C@H]1C(=O)N[C@@H](Cc1c[nH]c2ccccc12)C(=O)N[C@@H](Cc1ccccc1)C(=O)N[C@@H](CCCCN)C(=O)O. The van der Waals surface area contributed by atoms with Gasteiger partial charge in [0, 0.05) is 91.0 Å². The fourth-order valence-corrected chi connectivity index (χ4v) is 12.1. The maximum atomic E-state index is 15.1. The van der Waals surface area contributed by atoms with Gasteiger partial charge in [0.15, 0.2) is 0 Å². The number of carbonyl (C=O) groups is 14. The highest BCUT2D eigenvalue weighted by Crippen LogP contribution is 2.24. The van der Waals surface area contributed by atoms with Crippen LogP contribution in [0.5, 0.6) is 0 Å². The molecule has 0 spiro atoms. The fourth-order valence-electron chi connectivity index (χ4n) is 11.6. The number of amides is 11. The third-order valence-electron chi connectivity index (χ3n) is 17.4. The van der Waals surface area contributed by atoms with Gasteiger partial charge in [-0.15, -0.1) is 0 Å². The van der Waals surface area contributed by atoms with Gasteiger partial charge in [0.2, 0.25) is 65.0 Å². The molecular formula is C68H97N15O19S. The summed E-state index contributed by atoms with van der Waals surface area (Å²) in [5.41, 5.74) is 7.86. The number of carboxylic acids is 3. The molecule has 34 nitrogen and oxygen atoms in total. The van der Waals surface area contributed by atoms with Crippen LogP contribution in [0.3, 0.4) is 0 Å². The van der Waals surface area contributed by atoms with E-state index in [2.05, 4.69) is 68.1 Å². The Morgan fingerprint density at radius 1 is 0.612 bits per heavy atom. The lowest BCUT2D eigenvalue weighted by atomic mass is 9.96. The molecule has 1 unspecified atom stereocenters. The normalized spacial score (nSPS) is 16.6. The van der Waals surface area contributed by atoms with Gasteiger partial charge in [0.25, 0.3) is 0 Å². The molecule has 18 N–H and O–H groups in total. The van der Waals surface area contributed by atoms with Crippen LogP contribution in [0.15, 0.2) is 73.3 Å². The van der Waals surface area contributed by atoms with Crippen LogP contribution in [0.4, 0.5) is 0 Å². The Morgan fingerprint density at radius 3 is 1.77 bits per heavy atom. The summed E-state index contributed by atoms with van der Waals surface area (Å²) >= 11 is 0. The molecule has 2 aromatic carbocycles. The highest BCUT2D eigenvalue weighted by atomic mass is 32.2. The Kier molecular flexibility index (Phi) is 33.3. The van der Waals surface area contributed by atoms with Crippen molar-refractivity contribution in [3.8, 4) is 0 Å². The number of unbranched alkanes of at least 4 members (excludes halogenated alkanes) is 1. The molecule has 3 heterocycles. The van der Waals surface area contributed by atoms with Crippen LogP contribution < -0.4 is 58.9 Å². The largest absolute Gasteiger partial charge is 0.481 e. The van der Waals surface area contributed by atoms with Crippen LogP contribution >= 0.6 is 0 Å². The molecule has 2 aromatic heterocycles. The van der Waals surface area contributed by atoms with E-state index in [1.807, 2.05) is 0 Å². The van der Waals surface area contributed by atoms with Crippen LogP contribution in [-0.4, -0.2) is 225 Å². The number of nitrogens with one attached hydrogen (secondary N) is 12. The molecule has 35 heteroatoms. The second-order valence-electron chi connectivity index (χ2n) is 25.9. The lowest BCUT2D eigenvalue weighted by Crippen LogP contribution is -2.63. The summed E-state index contributed by atoms with van der Waals surface area (Å²) in [5, 5.41) is 66.5. The molecule has 1 aliphatic heterocycles. The Bertz CT molecular complexity index is 3630. The van der Waals surface area contributed by atoms with Crippen molar-refractivity contribution in [1.29, 1.82) is 0 Å². The standard InChI is InChI=1S/C68H97N15O19S/c1-8-37(4)56(81-66(98)57(38(5)84)82-64(96)55(36(2)3)80-62(94)50(32-54(88)89)77-59(91)46(73-39(6)85)25-28-103(7)102)65(97)74-45(23-24-53(86)87)58(90)79-51(31-42-34-70-35-72-42)67(99)83-27-16-22-52(83)63(95)78-49(30-41-33-71-44-20-13-12-19-43(41)44)61(93)76-48(29-40-17-10-9-11-18-40)60(92)75-47(68(100)101)21-14-15-26-69/h9-13,17-20,33-38,45-52,55-57,71,84H,8,14-16,21-32,69H2,1-7H3,(H,70,72)(H,73,85)(H,74,97)(H,75,92)(H,76,93)(H,77,91)(H,78,95)(H,79,90)(H,80,94)(H,81,98)(H,82,96)(H,86,87)(H,88,89)(H,100,101)/t37-,38+,45-,46-,47-,48-,49-,50-,51-,52-,55-,56-,57-,103?/m0/s1. The molecular weight excluding hydrogens is 1360 g/mol. The fraction of sp³-hybridized carbons (Fsp3) is 0.544. The maximum absolute atomic E-state index is 15.1. The first-order valence-corrected chi connectivity index (χ1v) is 35.8. The van der Waals surface area contributed by atoms with Crippen molar-refractivity contribution < 1.29 is 91.8 Å². The van der Waals surface area contributed by atoms with E-state index in [1.54, 1.807) is 74.6 Å². The third kappa shape index (κ3) is 26.3. The highest BCUT2D eigenvalue weighted by molar-refractivity contribution is 7.84. The van der Waals surface area contributed by atoms with E-state index in [-0.39, 0.29) is 63.7 Å². The number of H-pyrrole nitrogens is 2. The van der Waals surface area contributed by atoms with Crippen LogP contribution in [0, 0.1) is 11.8 Å². The number of para-hydroxylation sites is 1. The molecule has 11 amide bonds. The number of aliphatic hydroxyl groups is 1. The van der Waals surface area contributed by atoms with Gasteiger partial charge in [-0.25, -0.2) is 9.78 Å². The van der Waals surface area contributed by atoms with Gasteiger partial charge in [-0.2, -0.15) is 0 Å². The average Bonchev–Trinajstić information content (AvgIpc) is 1.74. The van der Waals surface area contributed by atoms with E-state index in [0.29, 0.717) is 47.1 Å². The summed E-state index contributed by atoms with van der Waals surface area (Å²) in [7, 11) is -1.41. The van der Waals surface area contributed by atoms with E-state index < -0.39 is 197 Å². The van der Waals surface area contributed by atoms with E-state index >= 15 is 4.79 Å². The van der Waals surface area contributed by atoms with Crippen molar-refractivity contribution in [3.05, 3.63) is 90.1 Å². The first-order chi connectivity index (χ1) is 48.8. The van der Waals surface area contributed by atoms with Gasteiger partial charge < -0.3 is 94.2 Å². The zero-order valence-electron chi connectivity index (χ0n) is 58.6. The minimum absolute atomic E-state index is 0.0437. The van der Waals surface area contributed by atoms with E-state index in [4.69, 9.17) is 5.73 Å². The van der Waals surface area contributed by atoms with Crippen molar-refractivity contribution in [1.82, 2.24) is 73.0 Å². The summed E-state index contributed by atoms with van der Waals surface area (Å²) in [6.07, 6.45) is 2.38. The van der Waals surface area contributed by atoms with E-state index in [9.17, 15) is 87.0 Å². The summed E-state index contributed by atoms with van der Waals surface area (Å²) in [6, 6.07) is -1.13. The molecule has 0 saturated carbocycles. The molecule has 1 aliphatic rings. The van der Waals surface area contributed by atoms with Crippen LogP contribution in [0.25, 0.3) is 10.9 Å². The number of likely N-dealkylation sites (tertiary alicyclic amines) is 1. The Hall–Kier alpha value is -10.2. The number of hydrogen-bond acceptors (Lipinski definition) is 18. The van der Waals surface area contributed by atoms with Gasteiger partial charge in [-0.05, 0) is 87.4 Å². The van der Waals surface area contributed by atoms with E-state index in [0.717, 1.165) is 13.8 Å². The lowest BCUT2D eigenvalue weighted by Gasteiger charge is -2.32. The first-order valence-electron chi connectivity index (χ1n) is 34.0. The highest BCUT2D eigenvalue weighted by Gasteiger charge is 2.42. The van der Waals surface area contributed by atoms with Gasteiger partial charge >= 0.3 is 17.9 Å². The van der Waals surface area contributed by atoms with Crippen molar-refractivity contribution in [3.63, 3.8) is 0 Å². The molecule has 0 bridgehead atoms. The number of carbonyl (C=O) groups excluding carboxylic acids is 11. The number of rotatable bonds is 43. The number of imidazole rings is 1. The number of hydrogen-bond donors (Lipinski definition) is 17. The number of nitrogens with zero attached hydrogens (tertiary/aromatic N) is 2. The van der Waals surface area contributed by atoms with Crippen LogP contribution in [-0.2, 0) is 97.2 Å². The van der Waals surface area contributed by atoms with Crippen molar-refractivity contribution in [2.45, 2.75) is 198 Å². The molecule has 564 valence electrons. The minimum Gasteiger partial charge on any atom is -0.481 e. The predicted molar refractivity (Wildman–Crippen MR) is 373 cm³/mol. The second-order valence-corrected chi connectivity index (χ2v) is 27.4. The molecule has 0 radical (unpaired) electrons. The molecule has 1 fully saturated rings. The number of fused-ring (bicyclic) bond motifs is 1. The smallest absolute Gasteiger partial charge is 0.326 e. The predicted octanol–water partition coefficient (Wildman–Crippen LogP) is -1.82. The summed E-state index contributed by atoms with van der Waals surface area (Å²) in [5.74, 6) is -16.4. The minimum atomic E-state index is -1.88. The molecule has 1 saturated heterocycles. The number of aliphatic hydroxyl groups excluding tert-OH is 1. The summed E-state index contributed by atoms with van der Waals surface area (Å²) < 4.78 is 11.8. The number of nitrogens with two attached hydrogens (primary N) is 1. The Morgan fingerprint density at radius 2 is 1.17 bits per heavy atom.